The summed E-state index contributed by atoms with van der Waals surface area (Å²) in [5, 5.41) is 0. The predicted octanol–water partition coefficient (Wildman–Crippen LogP) is 0.849. The Morgan fingerprint density at radius 1 is 1.75 bits per heavy atom. The van der Waals surface area contributed by atoms with Crippen molar-refractivity contribution >= 4 is 0 Å². The zero-order chi connectivity index (χ0) is 5.98. The molecule has 2 atom stereocenters. The highest BCUT2D eigenvalue weighted by Crippen LogP contribution is 2.12. The van der Waals surface area contributed by atoms with Crippen LogP contribution in [0.5, 0.6) is 0 Å². The van der Waals surface area contributed by atoms with Crippen molar-refractivity contribution in [3.05, 3.63) is 6.92 Å². The number of rotatable bonds is 1. The second-order valence-electron chi connectivity index (χ2n) is 1.85. The van der Waals surface area contributed by atoms with Gasteiger partial charge in [0.2, 0.25) is 0 Å². The van der Waals surface area contributed by atoms with E-state index in [9.17, 15) is 0 Å². The summed E-state index contributed by atoms with van der Waals surface area (Å²) in [5.74, 6) is 0. The zero-order valence-corrected chi connectivity index (χ0v) is 4.96. The van der Waals surface area contributed by atoms with E-state index in [-0.39, 0.29) is 12.4 Å². The largest absolute Gasteiger partial charge is 0.350 e. The summed E-state index contributed by atoms with van der Waals surface area (Å²) in [6.45, 7) is 7.90. The minimum Gasteiger partial charge on any atom is -0.350 e. The van der Waals surface area contributed by atoms with Crippen LogP contribution in [0.15, 0.2) is 0 Å². The van der Waals surface area contributed by atoms with Crippen LogP contribution in [-0.2, 0) is 9.47 Å². The minimum absolute atomic E-state index is 0.0509. The van der Waals surface area contributed by atoms with Crippen LogP contribution in [0.25, 0.3) is 0 Å². The number of ether oxygens (including phenoxy) is 2. The lowest BCUT2D eigenvalue weighted by Crippen LogP contribution is -2.07. The van der Waals surface area contributed by atoms with Gasteiger partial charge in [-0.2, -0.15) is 0 Å². The van der Waals surface area contributed by atoms with Crippen molar-refractivity contribution in [2.24, 2.45) is 0 Å². The maximum atomic E-state index is 5.35. The molecule has 2 nitrogen and oxygen atoms in total. The van der Waals surface area contributed by atoms with E-state index in [1.165, 1.54) is 0 Å². The maximum Gasteiger partial charge on any atom is 0.157 e. The van der Waals surface area contributed by atoms with Gasteiger partial charge in [0, 0.05) is 0 Å². The molecule has 1 aliphatic heterocycles. The van der Waals surface area contributed by atoms with Crippen LogP contribution in [0.4, 0.5) is 0 Å². The first-order chi connectivity index (χ1) is 3.83. The van der Waals surface area contributed by atoms with Gasteiger partial charge < -0.3 is 9.47 Å². The molecule has 0 aromatic carbocycles. The van der Waals surface area contributed by atoms with Crippen molar-refractivity contribution in [2.45, 2.75) is 25.7 Å². The lowest BCUT2D eigenvalue weighted by Gasteiger charge is -2.03. The van der Waals surface area contributed by atoms with Gasteiger partial charge in [-0.05, 0) is 13.3 Å². The second-order valence-corrected chi connectivity index (χ2v) is 1.85. The minimum atomic E-state index is -0.194. The van der Waals surface area contributed by atoms with Crippen molar-refractivity contribution in [3.8, 4) is 0 Å². The molecule has 2 heteroatoms. The van der Waals surface area contributed by atoms with Gasteiger partial charge in [0.25, 0.3) is 0 Å². The molecule has 46 valence electrons. The molecule has 0 amide bonds. The molecule has 1 saturated heterocycles. The summed E-state index contributed by atoms with van der Waals surface area (Å²) in [6, 6.07) is 0. The van der Waals surface area contributed by atoms with Gasteiger partial charge in [-0.1, -0.05) is 6.92 Å². The number of hydrogen-bond acceptors (Lipinski definition) is 2. The topological polar surface area (TPSA) is 18.5 Å². The van der Waals surface area contributed by atoms with Gasteiger partial charge in [-0.15, -0.1) is 0 Å². The average Bonchev–Trinajstić information content (AvgIpc) is 2.14. The van der Waals surface area contributed by atoms with E-state index >= 15 is 0 Å². The van der Waals surface area contributed by atoms with Crippen molar-refractivity contribution < 1.29 is 9.47 Å². The summed E-state index contributed by atoms with van der Waals surface area (Å²) >= 11 is 0. The third-order valence-electron chi connectivity index (χ3n) is 1.11. The fraction of sp³-hybridized carbons (Fsp3) is 0.833. The molecule has 2 unspecified atom stereocenters. The van der Waals surface area contributed by atoms with Crippen LogP contribution in [-0.4, -0.2) is 19.0 Å². The van der Waals surface area contributed by atoms with Crippen LogP contribution in [0.2, 0.25) is 0 Å². The lowest BCUT2D eigenvalue weighted by atomic mass is 10.4. The Morgan fingerprint density at radius 2 is 2.50 bits per heavy atom. The Balaban J connectivity index is 2.22. The van der Waals surface area contributed by atoms with Crippen LogP contribution in [0.3, 0.4) is 0 Å². The molecule has 1 fully saturated rings. The van der Waals surface area contributed by atoms with Crippen molar-refractivity contribution in [2.75, 3.05) is 6.61 Å². The van der Waals surface area contributed by atoms with E-state index in [0.717, 1.165) is 6.42 Å². The maximum absolute atomic E-state index is 5.35. The van der Waals surface area contributed by atoms with E-state index < -0.39 is 0 Å². The molecule has 2 radical (unpaired) electrons. The normalized spacial score (nSPS) is 38.2. The summed E-state index contributed by atoms with van der Waals surface area (Å²) in [4.78, 5) is 0. The highest BCUT2D eigenvalue weighted by atomic mass is 16.7. The standard InChI is InChI=1S/C6H10O2/c1-3-6-7-4-5(2)8-6/h2,5-6H,3-4H2,1H3. The fourth-order valence-corrected chi connectivity index (χ4v) is 0.690. The Bertz CT molecular complexity index is 72.9. The second kappa shape index (κ2) is 2.46. The molecular formula is C6H10O2. The first-order valence-electron chi connectivity index (χ1n) is 2.85. The first-order valence-corrected chi connectivity index (χ1v) is 2.85. The smallest absolute Gasteiger partial charge is 0.157 e. The summed E-state index contributed by atoms with van der Waals surface area (Å²) in [5.41, 5.74) is 0. The highest BCUT2D eigenvalue weighted by molar-refractivity contribution is 4.65. The van der Waals surface area contributed by atoms with Crippen LogP contribution >= 0.6 is 0 Å². The molecule has 0 aliphatic carbocycles. The van der Waals surface area contributed by atoms with Crippen LogP contribution in [0, 0.1) is 6.92 Å². The molecule has 0 bridgehead atoms. The summed E-state index contributed by atoms with van der Waals surface area (Å²) in [7, 11) is 0. The molecule has 1 aliphatic rings. The molecule has 8 heavy (non-hydrogen) atoms. The van der Waals surface area contributed by atoms with Gasteiger partial charge in [-0.25, -0.2) is 0 Å². The molecule has 0 spiro atoms. The molecule has 0 N–H and O–H groups in total. The molecule has 0 saturated carbocycles. The van der Waals surface area contributed by atoms with Crippen LogP contribution in [0.1, 0.15) is 13.3 Å². The van der Waals surface area contributed by atoms with E-state index in [4.69, 9.17) is 16.4 Å². The third-order valence-corrected chi connectivity index (χ3v) is 1.11. The Labute approximate surface area is 49.8 Å². The molecule has 0 aromatic heterocycles. The van der Waals surface area contributed by atoms with Crippen molar-refractivity contribution in [1.29, 1.82) is 0 Å². The third kappa shape index (κ3) is 1.20. The van der Waals surface area contributed by atoms with Crippen LogP contribution < -0.4 is 0 Å². The van der Waals surface area contributed by atoms with Gasteiger partial charge in [0.1, 0.15) is 0 Å². The molecule has 1 heterocycles. The Hall–Kier alpha value is -0.0800. The number of hydrogen-bond donors (Lipinski definition) is 0. The van der Waals surface area contributed by atoms with Gasteiger partial charge in [0.05, 0.1) is 12.7 Å². The Kier molecular flexibility index (Phi) is 1.86. The summed E-state index contributed by atoms with van der Waals surface area (Å²) < 4.78 is 10.1. The first kappa shape index (κ1) is 6.05. The SMILES string of the molecule is [CH]C1COC(CC)O1. The molecule has 1 rings (SSSR count). The molecular weight excluding hydrogens is 104 g/mol. The van der Waals surface area contributed by atoms with E-state index in [0.29, 0.717) is 6.61 Å². The van der Waals surface area contributed by atoms with E-state index in [2.05, 4.69) is 0 Å². The van der Waals surface area contributed by atoms with E-state index in [1.54, 1.807) is 0 Å². The van der Waals surface area contributed by atoms with Crippen molar-refractivity contribution in [3.63, 3.8) is 0 Å². The van der Waals surface area contributed by atoms with Crippen molar-refractivity contribution in [1.82, 2.24) is 0 Å². The fourth-order valence-electron chi connectivity index (χ4n) is 0.690. The lowest BCUT2D eigenvalue weighted by molar-refractivity contribution is -0.0523. The van der Waals surface area contributed by atoms with Gasteiger partial charge >= 0.3 is 0 Å². The zero-order valence-electron chi connectivity index (χ0n) is 4.96. The van der Waals surface area contributed by atoms with Gasteiger partial charge in [0.15, 0.2) is 6.29 Å². The quantitative estimate of drug-likeness (QED) is 0.503. The predicted molar refractivity (Wildman–Crippen MR) is 29.2 cm³/mol. The van der Waals surface area contributed by atoms with Gasteiger partial charge in [-0.3, -0.25) is 0 Å². The average molecular weight is 114 g/mol. The molecule has 0 aromatic rings. The monoisotopic (exact) mass is 114 g/mol. The highest BCUT2D eigenvalue weighted by Gasteiger charge is 2.19. The Morgan fingerprint density at radius 3 is 2.75 bits per heavy atom. The summed E-state index contributed by atoms with van der Waals surface area (Å²) in [6.07, 6.45) is 0.637. The van der Waals surface area contributed by atoms with E-state index in [1.807, 2.05) is 6.92 Å².